The number of aliphatic hydroxyl groups is 2. The number of esters is 1. The maximum Gasteiger partial charge on any atom is 0.302 e. The van der Waals surface area contributed by atoms with Gasteiger partial charge >= 0.3 is 5.97 Å². The number of aliphatic hydroxyl groups excluding tert-OH is 2. The Kier molecular flexibility index (Phi) is 13.7. The van der Waals surface area contributed by atoms with Crippen molar-refractivity contribution in [2.24, 2.45) is 5.11 Å². The van der Waals surface area contributed by atoms with E-state index in [0.717, 1.165) is 0 Å². The molecule has 2 N–H and O–H groups in total. The van der Waals surface area contributed by atoms with E-state index >= 15 is 0 Å². The lowest BCUT2D eigenvalue weighted by atomic mass is 10.8. The fourth-order valence-electron chi connectivity index (χ4n) is 0.146. The van der Waals surface area contributed by atoms with Crippen molar-refractivity contribution in [3.8, 4) is 0 Å². The average Bonchev–Trinajstić information content (AvgIpc) is 2.05. The van der Waals surface area contributed by atoms with Crippen molar-refractivity contribution in [1.29, 1.82) is 0 Å². The van der Waals surface area contributed by atoms with Crippen LogP contribution in [0.25, 0.3) is 10.4 Å². The second-order valence-electron chi connectivity index (χ2n) is 1.44. The third kappa shape index (κ3) is 23.4. The summed E-state index contributed by atoms with van der Waals surface area (Å²) in [6.45, 7) is 0.777. The van der Waals surface area contributed by atoms with Crippen molar-refractivity contribution in [3.63, 3.8) is 0 Å². The fraction of sp³-hybridized carbons (Fsp3) is 0.800. The van der Waals surface area contributed by atoms with Crippen LogP contribution in [0.15, 0.2) is 5.11 Å². The summed E-state index contributed by atoms with van der Waals surface area (Å²) in [7, 11) is 0. The molecular formula is C5H11N3O4. The van der Waals surface area contributed by atoms with Crippen LogP contribution in [0.2, 0.25) is 0 Å². The van der Waals surface area contributed by atoms with Crippen LogP contribution in [0.4, 0.5) is 0 Å². The second kappa shape index (κ2) is 12.4. The summed E-state index contributed by atoms with van der Waals surface area (Å²) < 4.78 is 4.22. The summed E-state index contributed by atoms with van der Waals surface area (Å²) in [5.41, 5.74) is 7.65. The molecule has 0 saturated heterocycles. The number of carbonyl (C=O) groups excluding carboxylic acids is 1. The standard InChI is InChI=1S/C3H5N3O2.C2H6O2/c1-3(7)8-2-5-6-4;3-1-2-4/h2H2,1H3;3-4H,1-2H2. The normalized spacial score (nSPS) is 7.25. The third-order valence-corrected chi connectivity index (χ3v) is 0.489. The summed E-state index contributed by atoms with van der Waals surface area (Å²) in [5.74, 6) is -0.447. The Balaban J connectivity index is 0. The molecule has 0 aromatic rings. The monoisotopic (exact) mass is 177 g/mol. The quantitative estimate of drug-likeness (QED) is 0.268. The average molecular weight is 177 g/mol. The molecule has 0 heterocycles. The number of carbonyl (C=O) groups is 1. The molecule has 70 valence electrons. The number of rotatable bonds is 3. The van der Waals surface area contributed by atoms with Gasteiger partial charge < -0.3 is 14.9 Å². The Hall–Kier alpha value is -1.30. The first-order chi connectivity index (χ1) is 5.68. The molecule has 0 aromatic carbocycles. The molecule has 0 radical (unpaired) electrons. The molecule has 0 aromatic heterocycles. The molecule has 0 aliphatic rings. The molecule has 7 heteroatoms. The van der Waals surface area contributed by atoms with E-state index in [1.807, 2.05) is 0 Å². The van der Waals surface area contributed by atoms with Crippen LogP contribution in [0.3, 0.4) is 0 Å². The van der Waals surface area contributed by atoms with Crippen LogP contribution >= 0.6 is 0 Å². The van der Waals surface area contributed by atoms with Gasteiger partial charge in [-0.05, 0) is 5.53 Å². The molecule has 0 spiro atoms. The van der Waals surface area contributed by atoms with Crippen molar-refractivity contribution < 1.29 is 19.7 Å². The van der Waals surface area contributed by atoms with Gasteiger partial charge in [-0.15, -0.1) is 0 Å². The predicted octanol–water partition coefficient (Wildman–Crippen LogP) is -0.212. The second-order valence-corrected chi connectivity index (χ2v) is 1.44. The zero-order chi connectivity index (χ0) is 9.82. The number of azide groups is 1. The predicted molar refractivity (Wildman–Crippen MR) is 40.0 cm³/mol. The Morgan fingerprint density at radius 3 is 2.33 bits per heavy atom. The molecule has 0 saturated carbocycles. The smallest absolute Gasteiger partial charge is 0.302 e. The molecule has 0 bridgehead atoms. The zero-order valence-electron chi connectivity index (χ0n) is 6.67. The van der Waals surface area contributed by atoms with Crippen molar-refractivity contribution in [2.45, 2.75) is 6.92 Å². The summed E-state index contributed by atoms with van der Waals surface area (Å²) in [4.78, 5) is 12.3. The molecule has 0 amide bonds. The van der Waals surface area contributed by atoms with Crippen molar-refractivity contribution in [2.75, 3.05) is 19.9 Å². The van der Waals surface area contributed by atoms with Gasteiger partial charge in [0, 0.05) is 11.8 Å². The van der Waals surface area contributed by atoms with Gasteiger partial charge in [0.25, 0.3) is 0 Å². The highest BCUT2D eigenvalue weighted by Gasteiger charge is 1.85. The van der Waals surface area contributed by atoms with E-state index in [-0.39, 0.29) is 19.9 Å². The Morgan fingerprint density at radius 2 is 2.08 bits per heavy atom. The molecular weight excluding hydrogens is 166 g/mol. The Bertz CT molecular complexity index is 151. The van der Waals surface area contributed by atoms with E-state index in [1.54, 1.807) is 0 Å². The van der Waals surface area contributed by atoms with Crippen LogP contribution in [0.1, 0.15) is 6.92 Å². The van der Waals surface area contributed by atoms with Gasteiger partial charge in [-0.2, -0.15) is 0 Å². The van der Waals surface area contributed by atoms with E-state index in [0.29, 0.717) is 0 Å². The van der Waals surface area contributed by atoms with Crippen LogP contribution < -0.4 is 0 Å². The minimum absolute atomic E-state index is 0.125. The summed E-state index contributed by atoms with van der Waals surface area (Å²) in [6.07, 6.45) is 0. The third-order valence-electron chi connectivity index (χ3n) is 0.489. The Labute approximate surface area is 69.2 Å². The highest BCUT2D eigenvalue weighted by molar-refractivity contribution is 5.65. The first-order valence-corrected chi connectivity index (χ1v) is 3.05. The van der Waals surface area contributed by atoms with Gasteiger partial charge in [0.05, 0.1) is 13.2 Å². The SMILES string of the molecule is CC(=O)OCN=[N+]=[N-].OCCO. The summed E-state index contributed by atoms with van der Waals surface area (Å²) in [5, 5.41) is 18.2. The number of ether oxygens (including phenoxy) is 1. The number of hydrogen-bond acceptors (Lipinski definition) is 5. The highest BCUT2D eigenvalue weighted by Crippen LogP contribution is 1.75. The largest absolute Gasteiger partial charge is 0.460 e. The topological polar surface area (TPSA) is 116 Å². The molecule has 7 nitrogen and oxygen atoms in total. The van der Waals surface area contributed by atoms with Gasteiger partial charge in [-0.1, -0.05) is 5.11 Å². The first-order valence-electron chi connectivity index (χ1n) is 3.05. The lowest BCUT2D eigenvalue weighted by Gasteiger charge is -1.89. The van der Waals surface area contributed by atoms with Gasteiger partial charge in [0.1, 0.15) is 0 Å². The molecule has 0 atom stereocenters. The van der Waals surface area contributed by atoms with Crippen LogP contribution in [-0.4, -0.2) is 36.1 Å². The molecule has 0 unspecified atom stereocenters. The molecule has 0 rings (SSSR count). The van der Waals surface area contributed by atoms with Gasteiger partial charge in [-0.25, -0.2) is 0 Å². The van der Waals surface area contributed by atoms with Crippen molar-refractivity contribution in [1.82, 2.24) is 0 Å². The number of hydrogen-bond donors (Lipinski definition) is 2. The van der Waals surface area contributed by atoms with Crippen LogP contribution in [0, 0.1) is 0 Å². The zero-order valence-corrected chi connectivity index (χ0v) is 6.67. The van der Waals surface area contributed by atoms with E-state index in [2.05, 4.69) is 14.8 Å². The molecule has 0 aliphatic heterocycles. The fourth-order valence-corrected chi connectivity index (χ4v) is 0.146. The molecule has 12 heavy (non-hydrogen) atoms. The van der Waals surface area contributed by atoms with Gasteiger partial charge in [-0.3, -0.25) is 4.79 Å². The lowest BCUT2D eigenvalue weighted by Crippen LogP contribution is -1.96. The van der Waals surface area contributed by atoms with E-state index < -0.39 is 5.97 Å². The number of nitrogens with zero attached hydrogens (tertiary/aromatic N) is 3. The van der Waals surface area contributed by atoms with Crippen molar-refractivity contribution >= 4 is 5.97 Å². The summed E-state index contributed by atoms with van der Waals surface area (Å²) >= 11 is 0. The molecule has 0 fully saturated rings. The summed E-state index contributed by atoms with van der Waals surface area (Å²) in [6, 6.07) is 0. The maximum absolute atomic E-state index is 9.91. The van der Waals surface area contributed by atoms with Gasteiger partial charge in [0.2, 0.25) is 0 Å². The highest BCUT2D eigenvalue weighted by atomic mass is 16.5. The first kappa shape index (κ1) is 13.3. The van der Waals surface area contributed by atoms with Crippen LogP contribution in [-0.2, 0) is 9.53 Å². The van der Waals surface area contributed by atoms with Gasteiger partial charge in [0.15, 0.2) is 6.73 Å². The van der Waals surface area contributed by atoms with Crippen LogP contribution in [0.5, 0.6) is 0 Å². The minimum Gasteiger partial charge on any atom is -0.460 e. The Morgan fingerprint density at radius 1 is 1.58 bits per heavy atom. The lowest BCUT2D eigenvalue weighted by molar-refractivity contribution is -0.140. The van der Waals surface area contributed by atoms with E-state index in [4.69, 9.17) is 15.7 Å². The minimum atomic E-state index is -0.447. The molecule has 0 aliphatic carbocycles. The van der Waals surface area contributed by atoms with E-state index in [9.17, 15) is 4.79 Å². The maximum atomic E-state index is 9.91. The van der Waals surface area contributed by atoms with E-state index in [1.165, 1.54) is 6.92 Å². The van der Waals surface area contributed by atoms with Crippen molar-refractivity contribution in [3.05, 3.63) is 10.4 Å².